The molecule has 0 saturated carbocycles. The first-order chi connectivity index (χ1) is 8.95. The molecule has 2 unspecified atom stereocenters. The standard InChI is InChI=1S/C14H29N3O2/c1-11(2)13-10-16(4)7-8-17(13)14(19)15-12(3)6-5-9-18/h11-13,18H,5-10H2,1-4H3,(H,15,19). The van der Waals surface area contributed by atoms with Crippen molar-refractivity contribution in [2.75, 3.05) is 33.3 Å². The van der Waals surface area contributed by atoms with Crippen LogP contribution < -0.4 is 5.32 Å². The molecule has 1 aliphatic rings. The average Bonchev–Trinajstić information content (AvgIpc) is 2.35. The van der Waals surface area contributed by atoms with E-state index in [4.69, 9.17) is 5.11 Å². The molecule has 0 aromatic carbocycles. The van der Waals surface area contributed by atoms with Crippen molar-refractivity contribution in [3.05, 3.63) is 0 Å². The SMILES string of the molecule is CC(CCCO)NC(=O)N1CCN(C)CC1C(C)C. The zero-order valence-electron chi connectivity index (χ0n) is 12.7. The van der Waals surface area contributed by atoms with Gasteiger partial charge < -0.3 is 20.2 Å². The van der Waals surface area contributed by atoms with Gasteiger partial charge in [0.1, 0.15) is 0 Å². The summed E-state index contributed by atoms with van der Waals surface area (Å²) in [6, 6.07) is 0.438. The van der Waals surface area contributed by atoms with Gasteiger partial charge in [0.15, 0.2) is 0 Å². The summed E-state index contributed by atoms with van der Waals surface area (Å²) in [7, 11) is 2.11. The number of carbonyl (C=O) groups is 1. The Kier molecular flexibility index (Phi) is 6.58. The lowest BCUT2D eigenvalue weighted by Crippen LogP contribution is -2.59. The summed E-state index contributed by atoms with van der Waals surface area (Å²) in [5.41, 5.74) is 0. The van der Waals surface area contributed by atoms with E-state index >= 15 is 0 Å². The van der Waals surface area contributed by atoms with Crippen molar-refractivity contribution in [2.45, 2.75) is 45.7 Å². The van der Waals surface area contributed by atoms with E-state index in [0.717, 1.165) is 32.5 Å². The lowest BCUT2D eigenvalue weighted by molar-refractivity contribution is 0.0840. The Morgan fingerprint density at radius 2 is 2.05 bits per heavy atom. The minimum atomic E-state index is 0.0391. The summed E-state index contributed by atoms with van der Waals surface area (Å²) in [6.07, 6.45) is 1.56. The molecule has 1 aliphatic heterocycles. The van der Waals surface area contributed by atoms with Gasteiger partial charge in [-0.05, 0) is 32.7 Å². The van der Waals surface area contributed by atoms with Crippen LogP contribution in [-0.4, -0.2) is 66.3 Å². The van der Waals surface area contributed by atoms with Crippen LogP contribution in [0.5, 0.6) is 0 Å². The molecule has 2 atom stereocenters. The van der Waals surface area contributed by atoms with E-state index in [9.17, 15) is 4.79 Å². The third-order valence-corrected chi connectivity index (χ3v) is 3.82. The van der Waals surface area contributed by atoms with Crippen LogP contribution in [0.15, 0.2) is 0 Å². The van der Waals surface area contributed by atoms with Gasteiger partial charge in [-0.2, -0.15) is 0 Å². The Labute approximate surface area is 117 Å². The lowest BCUT2D eigenvalue weighted by atomic mass is 10.00. The molecule has 112 valence electrons. The maximum atomic E-state index is 12.3. The molecule has 0 aromatic heterocycles. The Bertz CT molecular complexity index is 284. The molecule has 5 nitrogen and oxygen atoms in total. The van der Waals surface area contributed by atoms with Crippen molar-refractivity contribution < 1.29 is 9.90 Å². The van der Waals surface area contributed by atoms with E-state index in [0.29, 0.717) is 5.92 Å². The molecule has 0 spiro atoms. The van der Waals surface area contributed by atoms with Crippen molar-refractivity contribution in [3.63, 3.8) is 0 Å². The highest BCUT2D eigenvalue weighted by molar-refractivity contribution is 5.75. The van der Waals surface area contributed by atoms with Crippen molar-refractivity contribution in [1.82, 2.24) is 15.1 Å². The smallest absolute Gasteiger partial charge is 0.317 e. The zero-order chi connectivity index (χ0) is 14.4. The highest BCUT2D eigenvalue weighted by Crippen LogP contribution is 2.16. The molecule has 2 N–H and O–H groups in total. The Morgan fingerprint density at radius 1 is 1.37 bits per heavy atom. The molecule has 19 heavy (non-hydrogen) atoms. The first-order valence-corrected chi connectivity index (χ1v) is 7.32. The van der Waals surface area contributed by atoms with Gasteiger partial charge in [-0.25, -0.2) is 4.79 Å². The third kappa shape index (κ3) is 4.99. The summed E-state index contributed by atoms with van der Waals surface area (Å²) < 4.78 is 0. The van der Waals surface area contributed by atoms with E-state index in [1.165, 1.54) is 0 Å². The topological polar surface area (TPSA) is 55.8 Å². The van der Waals surface area contributed by atoms with Crippen LogP contribution in [0, 0.1) is 5.92 Å². The molecule has 0 aromatic rings. The van der Waals surface area contributed by atoms with Gasteiger partial charge in [-0.3, -0.25) is 0 Å². The molecule has 0 aliphatic carbocycles. The maximum Gasteiger partial charge on any atom is 0.317 e. The molecule has 0 radical (unpaired) electrons. The number of hydrogen-bond donors (Lipinski definition) is 2. The fraction of sp³-hybridized carbons (Fsp3) is 0.929. The van der Waals surface area contributed by atoms with Gasteiger partial charge in [0, 0.05) is 38.3 Å². The number of rotatable bonds is 5. The summed E-state index contributed by atoms with van der Waals surface area (Å²) in [5, 5.41) is 11.9. The monoisotopic (exact) mass is 271 g/mol. The molecule has 1 heterocycles. The Hall–Kier alpha value is -0.810. The maximum absolute atomic E-state index is 12.3. The first kappa shape index (κ1) is 16.2. The van der Waals surface area contributed by atoms with Crippen molar-refractivity contribution in [1.29, 1.82) is 0 Å². The van der Waals surface area contributed by atoms with Gasteiger partial charge in [0.2, 0.25) is 0 Å². The molecule has 1 saturated heterocycles. The number of hydrogen-bond acceptors (Lipinski definition) is 3. The molecular weight excluding hydrogens is 242 g/mol. The van der Waals surface area contributed by atoms with E-state index < -0.39 is 0 Å². The van der Waals surface area contributed by atoms with Crippen LogP contribution in [0.3, 0.4) is 0 Å². The highest BCUT2D eigenvalue weighted by Gasteiger charge is 2.31. The van der Waals surface area contributed by atoms with Gasteiger partial charge in [-0.1, -0.05) is 13.8 Å². The molecule has 5 heteroatoms. The Morgan fingerprint density at radius 3 is 2.63 bits per heavy atom. The normalized spacial score (nSPS) is 22.6. The minimum absolute atomic E-state index is 0.0391. The summed E-state index contributed by atoms with van der Waals surface area (Å²) in [5.74, 6) is 0.459. The quantitative estimate of drug-likeness (QED) is 0.788. The molecule has 1 fully saturated rings. The average molecular weight is 271 g/mol. The van der Waals surface area contributed by atoms with Crippen LogP contribution in [0.25, 0.3) is 0 Å². The van der Waals surface area contributed by atoms with Crippen LogP contribution in [-0.2, 0) is 0 Å². The van der Waals surface area contributed by atoms with Crippen molar-refractivity contribution in [2.24, 2.45) is 5.92 Å². The molecule has 1 rings (SSSR count). The van der Waals surface area contributed by atoms with E-state index in [1.54, 1.807) is 0 Å². The zero-order valence-corrected chi connectivity index (χ0v) is 12.7. The molecule has 2 amide bonds. The number of nitrogens with one attached hydrogen (secondary N) is 1. The second kappa shape index (κ2) is 7.70. The van der Waals surface area contributed by atoms with Crippen molar-refractivity contribution in [3.8, 4) is 0 Å². The number of urea groups is 1. The molecule has 0 bridgehead atoms. The number of carbonyl (C=O) groups excluding carboxylic acids is 1. The van der Waals surface area contributed by atoms with E-state index in [-0.39, 0.29) is 24.7 Å². The fourth-order valence-corrected chi connectivity index (χ4v) is 2.54. The number of nitrogens with zero attached hydrogens (tertiary/aromatic N) is 2. The highest BCUT2D eigenvalue weighted by atomic mass is 16.3. The second-order valence-corrected chi connectivity index (χ2v) is 5.98. The van der Waals surface area contributed by atoms with Crippen LogP contribution in [0.4, 0.5) is 4.79 Å². The van der Waals surface area contributed by atoms with Gasteiger partial charge in [0.05, 0.1) is 0 Å². The third-order valence-electron chi connectivity index (χ3n) is 3.82. The van der Waals surface area contributed by atoms with Gasteiger partial charge in [0.25, 0.3) is 0 Å². The lowest BCUT2D eigenvalue weighted by Gasteiger charge is -2.42. The predicted molar refractivity (Wildman–Crippen MR) is 77.1 cm³/mol. The number of aliphatic hydroxyl groups excluding tert-OH is 1. The van der Waals surface area contributed by atoms with Crippen LogP contribution in [0.1, 0.15) is 33.6 Å². The minimum Gasteiger partial charge on any atom is -0.396 e. The fourth-order valence-electron chi connectivity index (χ4n) is 2.54. The summed E-state index contributed by atoms with van der Waals surface area (Å²) >= 11 is 0. The van der Waals surface area contributed by atoms with E-state index in [2.05, 4.69) is 31.1 Å². The number of piperazine rings is 1. The van der Waals surface area contributed by atoms with Crippen molar-refractivity contribution >= 4 is 6.03 Å². The first-order valence-electron chi connectivity index (χ1n) is 7.32. The second-order valence-electron chi connectivity index (χ2n) is 5.98. The molecular formula is C14H29N3O2. The number of likely N-dealkylation sites (N-methyl/N-ethyl adjacent to an activating group) is 1. The summed E-state index contributed by atoms with van der Waals surface area (Å²) in [4.78, 5) is 16.6. The van der Waals surface area contributed by atoms with Gasteiger partial charge in [-0.15, -0.1) is 0 Å². The predicted octanol–water partition coefficient (Wildman–Crippen LogP) is 1.13. The number of amides is 2. The number of aliphatic hydroxyl groups is 1. The summed E-state index contributed by atoms with van der Waals surface area (Å²) in [6.45, 7) is 9.17. The van der Waals surface area contributed by atoms with Crippen LogP contribution >= 0.6 is 0 Å². The largest absolute Gasteiger partial charge is 0.396 e. The van der Waals surface area contributed by atoms with E-state index in [1.807, 2.05) is 11.8 Å². The van der Waals surface area contributed by atoms with Gasteiger partial charge >= 0.3 is 6.03 Å². The Balaban J connectivity index is 2.53. The van der Waals surface area contributed by atoms with Crippen LogP contribution in [0.2, 0.25) is 0 Å².